The van der Waals surface area contributed by atoms with Crippen molar-refractivity contribution in [1.29, 1.82) is 0 Å². The van der Waals surface area contributed by atoms with Gasteiger partial charge in [-0.2, -0.15) is 0 Å². The molecule has 4 aromatic carbocycles. The third kappa shape index (κ3) is 6.68. The molecule has 0 fully saturated rings. The minimum atomic E-state index is -0.707. The maximum absolute atomic E-state index is 14.0. The minimum absolute atomic E-state index is 0.131. The maximum atomic E-state index is 14.0. The molecule has 192 valence electrons. The summed E-state index contributed by atoms with van der Waals surface area (Å²) in [6.45, 7) is 6.29. The summed E-state index contributed by atoms with van der Waals surface area (Å²) in [5, 5.41) is 9.04. The van der Waals surface area contributed by atoms with Crippen molar-refractivity contribution in [2.24, 2.45) is 0 Å². The lowest BCUT2D eigenvalue weighted by atomic mass is 9.94. The average Bonchev–Trinajstić information content (AvgIpc) is 2.89. The Morgan fingerprint density at radius 1 is 0.921 bits per heavy atom. The van der Waals surface area contributed by atoms with Crippen LogP contribution in [-0.4, -0.2) is 12.6 Å². The highest BCUT2D eigenvalue weighted by atomic mass is 35.5. The number of hydrogen-bond donors (Lipinski definition) is 3. The highest BCUT2D eigenvalue weighted by Crippen LogP contribution is 2.34. The lowest BCUT2D eigenvalue weighted by Crippen LogP contribution is -2.30. The minimum Gasteiger partial charge on any atom is -0.353 e. The Labute approximate surface area is 225 Å². The van der Waals surface area contributed by atoms with Gasteiger partial charge in [-0.15, -0.1) is 5.73 Å². The Balaban J connectivity index is 1.48. The van der Waals surface area contributed by atoms with E-state index in [0.717, 1.165) is 29.2 Å². The van der Waals surface area contributed by atoms with Gasteiger partial charge in [0.05, 0.1) is 10.7 Å². The van der Waals surface area contributed by atoms with Gasteiger partial charge in [0, 0.05) is 35.1 Å². The molecule has 7 heteroatoms. The molecule has 0 aromatic heterocycles. The summed E-state index contributed by atoms with van der Waals surface area (Å²) in [6.07, 6.45) is 0.730. The van der Waals surface area contributed by atoms with Crippen molar-refractivity contribution in [2.45, 2.75) is 13.3 Å². The van der Waals surface area contributed by atoms with Crippen LogP contribution in [0.2, 0.25) is 5.02 Å². The lowest BCUT2D eigenvalue weighted by Gasteiger charge is -2.15. The average molecular weight is 530 g/mol. The van der Waals surface area contributed by atoms with Gasteiger partial charge in [0.2, 0.25) is 0 Å². The van der Waals surface area contributed by atoms with Gasteiger partial charge >= 0.3 is 6.03 Å². The van der Waals surface area contributed by atoms with Gasteiger partial charge in [0.15, 0.2) is 0 Å². The highest BCUT2D eigenvalue weighted by molar-refractivity contribution is 6.33. The Morgan fingerprint density at radius 3 is 2.39 bits per heavy atom. The lowest BCUT2D eigenvalue weighted by molar-refractivity contribution is 0.252. The molecule has 0 heterocycles. The molecule has 4 rings (SSSR count). The van der Waals surface area contributed by atoms with E-state index in [0.29, 0.717) is 34.1 Å². The van der Waals surface area contributed by atoms with Crippen molar-refractivity contribution in [3.8, 4) is 0 Å². The third-order valence-electron chi connectivity index (χ3n) is 5.93. The van der Waals surface area contributed by atoms with Gasteiger partial charge < -0.3 is 16.0 Å². The van der Waals surface area contributed by atoms with Crippen LogP contribution in [0.25, 0.3) is 5.57 Å². The van der Waals surface area contributed by atoms with Crippen molar-refractivity contribution >= 4 is 40.3 Å². The second kappa shape index (κ2) is 12.2. The molecule has 0 aliphatic heterocycles. The molecule has 0 aliphatic rings. The molecular weight excluding hydrogens is 504 g/mol. The fraction of sp³-hybridized carbons (Fsp3) is 0.0968. The molecule has 2 amide bonds. The van der Waals surface area contributed by atoms with Crippen molar-refractivity contribution in [1.82, 2.24) is 5.32 Å². The molecule has 0 unspecified atom stereocenters. The summed E-state index contributed by atoms with van der Waals surface area (Å²) in [4.78, 5) is 12.5. The van der Waals surface area contributed by atoms with Crippen LogP contribution in [0.15, 0.2) is 97.2 Å². The zero-order valence-corrected chi connectivity index (χ0v) is 21.5. The first kappa shape index (κ1) is 26.7. The smallest absolute Gasteiger partial charge is 0.319 e. The highest BCUT2D eigenvalue weighted by Gasteiger charge is 2.14. The third-order valence-corrected chi connectivity index (χ3v) is 6.24. The first-order chi connectivity index (χ1) is 18.3. The van der Waals surface area contributed by atoms with Gasteiger partial charge in [-0.1, -0.05) is 60.6 Å². The van der Waals surface area contributed by atoms with Crippen molar-refractivity contribution in [3.05, 3.63) is 136 Å². The molecule has 0 aliphatic carbocycles. The van der Waals surface area contributed by atoms with Crippen LogP contribution >= 0.6 is 11.6 Å². The molecule has 0 radical (unpaired) electrons. The Kier molecular flexibility index (Phi) is 8.59. The van der Waals surface area contributed by atoms with Crippen LogP contribution in [0.4, 0.5) is 30.6 Å². The Bertz CT molecular complexity index is 1520. The van der Waals surface area contributed by atoms with Gasteiger partial charge in [0.1, 0.15) is 11.6 Å². The van der Waals surface area contributed by atoms with E-state index < -0.39 is 11.6 Å². The van der Waals surface area contributed by atoms with Crippen molar-refractivity contribution < 1.29 is 13.6 Å². The normalized spacial score (nSPS) is 10.4. The molecule has 38 heavy (non-hydrogen) atoms. The molecule has 4 aromatic rings. The first-order valence-electron chi connectivity index (χ1n) is 12.0. The molecule has 0 spiro atoms. The van der Waals surface area contributed by atoms with Gasteiger partial charge in [-0.05, 0) is 66.4 Å². The zero-order chi connectivity index (χ0) is 27.1. The second-order valence-electron chi connectivity index (χ2n) is 8.64. The van der Waals surface area contributed by atoms with E-state index in [4.69, 9.17) is 11.6 Å². The van der Waals surface area contributed by atoms with Crippen LogP contribution in [-0.2, 0) is 6.42 Å². The first-order valence-corrected chi connectivity index (χ1v) is 12.3. The van der Waals surface area contributed by atoms with Crippen LogP contribution in [0, 0.1) is 18.6 Å². The van der Waals surface area contributed by atoms with E-state index in [1.807, 2.05) is 55.5 Å². The number of aryl methyl sites for hydroxylation is 1. The predicted octanol–water partition coefficient (Wildman–Crippen LogP) is 8.25. The molecule has 0 bridgehead atoms. The summed E-state index contributed by atoms with van der Waals surface area (Å²) in [7, 11) is 0. The molecule has 0 saturated heterocycles. The Hall–Kier alpha value is -4.38. The number of rotatable bonds is 8. The van der Waals surface area contributed by atoms with Gasteiger partial charge in [-0.25, -0.2) is 13.6 Å². The molecule has 0 atom stereocenters. The van der Waals surface area contributed by atoms with E-state index in [-0.39, 0.29) is 11.7 Å². The van der Waals surface area contributed by atoms with Crippen LogP contribution in [0.5, 0.6) is 0 Å². The number of urea groups is 1. The fourth-order valence-electron chi connectivity index (χ4n) is 3.99. The monoisotopic (exact) mass is 529 g/mol. The zero-order valence-electron chi connectivity index (χ0n) is 20.7. The number of carbonyl (C=O) groups excluding carboxylic acids is 1. The van der Waals surface area contributed by atoms with Crippen LogP contribution < -0.4 is 16.0 Å². The number of carbonyl (C=O) groups is 1. The predicted molar refractivity (Wildman–Crippen MR) is 151 cm³/mol. The van der Waals surface area contributed by atoms with E-state index in [1.165, 1.54) is 12.1 Å². The second-order valence-corrected chi connectivity index (χ2v) is 9.05. The topological polar surface area (TPSA) is 53.2 Å². The van der Waals surface area contributed by atoms with Gasteiger partial charge in [-0.3, -0.25) is 0 Å². The summed E-state index contributed by atoms with van der Waals surface area (Å²) >= 11 is 6.61. The fourth-order valence-corrected chi connectivity index (χ4v) is 4.26. The number of hydrogen-bond acceptors (Lipinski definition) is 2. The Morgan fingerprint density at radius 2 is 1.68 bits per heavy atom. The number of anilines is 3. The summed E-state index contributed by atoms with van der Waals surface area (Å²) in [6, 6.07) is 23.6. The SMILES string of the molecule is C=C=C(c1cc(NC(=O)NCCc2ccccc2)ccc1C)c1ccc(Nc2ccc(F)cc2F)cc1Cl. The van der Waals surface area contributed by atoms with E-state index in [9.17, 15) is 13.6 Å². The number of amides is 2. The summed E-state index contributed by atoms with van der Waals surface area (Å²) in [5.41, 5.74) is 8.45. The summed E-state index contributed by atoms with van der Waals surface area (Å²) in [5.74, 6) is -1.36. The largest absolute Gasteiger partial charge is 0.353 e. The van der Waals surface area contributed by atoms with E-state index in [1.54, 1.807) is 18.2 Å². The van der Waals surface area contributed by atoms with Crippen molar-refractivity contribution in [2.75, 3.05) is 17.2 Å². The number of benzene rings is 4. The van der Waals surface area contributed by atoms with E-state index >= 15 is 0 Å². The maximum Gasteiger partial charge on any atom is 0.319 e. The molecular formula is C31H26ClF2N3O. The quantitative estimate of drug-likeness (QED) is 0.201. The standard InChI is InChI=1S/C31H26ClF2N3O/c1-3-25(26-13-12-24(19-28(26)32)36-30-14-10-22(33)17-29(30)34)27-18-23(11-9-20(27)2)37-31(38)35-16-15-21-7-5-4-6-8-21/h4-14,17-19,36H,1,15-16H2,2H3,(H2,35,37,38). The number of halogens is 3. The van der Waals surface area contributed by atoms with E-state index in [2.05, 4.69) is 28.3 Å². The van der Waals surface area contributed by atoms with Crippen LogP contribution in [0.1, 0.15) is 22.3 Å². The summed E-state index contributed by atoms with van der Waals surface area (Å²) < 4.78 is 27.3. The van der Waals surface area contributed by atoms with Gasteiger partial charge in [0.25, 0.3) is 0 Å². The molecule has 4 nitrogen and oxygen atoms in total. The molecule has 3 N–H and O–H groups in total. The van der Waals surface area contributed by atoms with Crippen molar-refractivity contribution in [3.63, 3.8) is 0 Å². The number of nitrogens with one attached hydrogen (secondary N) is 3. The molecule has 0 saturated carbocycles. The van der Waals surface area contributed by atoms with Crippen LogP contribution in [0.3, 0.4) is 0 Å².